The Bertz CT molecular complexity index is 644. The van der Waals surface area contributed by atoms with Gasteiger partial charge in [-0.2, -0.15) is 4.98 Å². The number of para-hydroxylation sites is 2. The zero-order valence-electron chi connectivity index (χ0n) is 14.8. The number of carbonyl (C=O) groups excluding carboxylic acids is 1. The number of carbonyl (C=O) groups is 1. The smallest absolute Gasteiger partial charge is 0.309 e. The van der Waals surface area contributed by atoms with Crippen LogP contribution in [-0.2, 0) is 14.3 Å². The monoisotopic (exact) mass is 346 g/mol. The SMILES string of the molecule is CCCCOCCOC(=O)C1CCN(c2nc3ccccc3o2)CC1. The van der Waals surface area contributed by atoms with Gasteiger partial charge >= 0.3 is 5.97 Å². The second-order valence-corrected chi connectivity index (χ2v) is 6.36. The first-order valence-electron chi connectivity index (χ1n) is 9.13. The minimum absolute atomic E-state index is 0.0451. The third-order valence-corrected chi connectivity index (χ3v) is 4.50. The molecule has 1 aliphatic heterocycles. The third-order valence-electron chi connectivity index (χ3n) is 4.50. The number of oxazole rings is 1. The number of hydrogen-bond acceptors (Lipinski definition) is 6. The summed E-state index contributed by atoms with van der Waals surface area (Å²) in [4.78, 5) is 18.7. The van der Waals surface area contributed by atoms with Gasteiger partial charge in [0.25, 0.3) is 6.01 Å². The Morgan fingerprint density at radius 3 is 2.80 bits per heavy atom. The van der Waals surface area contributed by atoms with Gasteiger partial charge in [-0.3, -0.25) is 4.79 Å². The number of benzene rings is 1. The number of rotatable bonds is 8. The number of anilines is 1. The fourth-order valence-electron chi connectivity index (χ4n) is 2.97. The summed E-state index contributed by atoms with van der Waals surface area (Å²) < 4.78 is 16.5. The third kappa shape index (κ3) is 4.72. The maximum absolute atomic E-state index is 12.1. The van der Waals surface area contributed by atoms with Gasteiger partial charge < -0.3 is 18.8 Å². The molecule has 0 aliphatic carbocycles. The molecular weight excluding hydrogens is 320 g/mol. The van der Waals surface area contributed by atoms with Gasteiger partial charge in [0.15, 0.2) is 5.58 Å². The predicted octanol–water partition coefficient (Wildman–Crippen LogP) is 3.40. The van der Waals surface area contributed by atoms with Gasteiger partial charge in [0.1, 0.15) is 12.1 Å². The lowest BCUT2D eigenvalue weighted by Gasteiger charge is -2.29. The highest BCUT2D eigenvalue weighted by molar-refractivity contribution is 5.75. The Morgan fingerprint density at radius 1 is 1.24 bits per heavy atom. The van der Waals surface area contributed by atoms with Crippen LogP contribution in [0.5, 0.6) is 0 Å². The van der Waals surface area contributed by atoms with Crippen molar-refractivity contribution in [3.05, 3.63) is 24.3 Å². The van der Waals surface area contributed by atoms with Crippen molar-refractivity contribution in [1.82, 2.24) is 4.98 Å². The number of aromatic nitrogens is 1. The van der Waals surface area contributed by atoms with Crippen molar-refractivity contribution in [2.45, 2.75) is 32.6 Å². The van der Waals surface area contributed by atoms with E-state index in [2.05, 4.69) is 16.8 Å². The minimum Gasteiger partial charge on any atom is -0.463 e. The molecule has 136 valence electrons. The van der Waals surface area contributed by atoms with Crippen LogP contribution in [-0.4, -0.2) is 43.9 Å². The van der Waals surface area contributed by atoms with Gasteiger partial charge in [-0.25, -0.2) is 0 Å². The van der Waals surface area contributed by atoms with E-state index >= 15 is 0 Å². The standard InChI is InChI=1S/C19H26N2O4/c1-2-3-12-23-13-14-24-18(22)15-8-10-21(11-9-15)19-20-16-6-4-5-7-17(16)25-19/h4-7,15H,2-3,8-14H2,1H3. The van der Waals surface area contributed by atoms with E-state index in [0.29, 0.717) is 19.2 Å². The van der Waals surface area contributed by atoms with Crippen LogP contribution in [0.4, 0.5) is 6.01 Å². The average Bonchev–Trinajstić information content (AvgIpc) is 3.09. The van der Waals surface area contributed by atoms with E-state index < -0.39 is 0 Å². The molecule has 1 aliphatic rings. The molecule has 6 heteroatoms. The van der Waals surface area contributed by atoms with Gasteiger partial charge in [0.2, 0.25) is 0 Å². The van der Waals surface area contributed by atoms with Crippen molar-refractivity contribution in [1.29, 1.82) is 0 Å². The van der Waals surface area contributed by atoms with Crippen LogP contribution in [0, 0.1) is 5.92 Å². The number of fused-ring (bicyclic) bond motifs is 1. The molecule has 0 unspecified atom stereocenters. The summed E-state index contributed by atoms with van der Waals surface area (Å²) in [6, 6.07) is 8.37. The van der Waals surface area contributed by atoms with Crippen LogP contribution in [0.15, 0.2) is 28.7 Å². The molecular formula is C19H26N2O4. The van der Waals surface area contributed by atoms with Crippen LogP contribution in [0.3, 0.4) is 0 Å². The second kappa shape index (κ2) is 8.85. The molecule has 6 nitrogen and oxygen atoms in total. The van der Waals surface area contributed by atoms with Crippen molar-refractivity contribution in [3.8, 4) is 0 Å². The number of nitrogens with zero attached hydrogens (tertiary/aromatic N) is 2. The Kier molecular flexibility index (Phi) is 6.28. The molecule has 0 N–H and O–H groups in total. The number of esters is 1. The Morgan fingerprint density at radius 2 is 2.04 bits per heavy atom. The maximum Gasteiger partial charge on any atom is 0.309 e. The highest BCUT2D eigenvalue weighted by Crippen LogP contribution is 2.26. The van der Waals surface area contributed by atoms with Crippen molar-refractivity contribution in [2.75, 3.05) is 37.8 Å². The zero-order valence-corrected chi connectivity index (χ0v) is 14.8. The summed E-state index contributed by atoms with van der Waals surface area (Å²) in [5.74, 6) is -0.160. The lowest BCUT2D eigenvalue weighted by Crippen LogP contribution is -2.37. The van der Waals surface area contributed by atoms with Crippen LogP contribution < -0.4 is 4.90 Å². The van der Waals surface area contributed by atoms with E-state index in [1.165, 1.54) is 0 Å². The molecule has 1 aromatic carbocycles. The topological polar surface area (TPSA) is 64.8 Å². The van der Waals surface area contributed by atoms with Crippen molar-refractivity contribution < 1.29 is 18.7 Å². The number of hydrogen-bond donors (Lipinski definition) is 0. The average molecular weight is 346 g/mol. The minimum atomic E-state index is -0.115. The van der Waals surface area contributed by atoms with Gasteiger partial charge in [0.05, 0.1) is 12.5 Å². The summed E-state index contributed by atoms with van der Waals surface area (Å²) in [6.07, 6.45) is 3.67. The first-order valence-corrected chi connectivity index (χ1v) is 9.13. The highest BCUT2D eigenvalue weighted by Gasteiger charge is 2.28. The molecule has 1 aromatic heterocycles. The van der Waals surface area contributed by atoms with Crippen molar-refractivity contribution in [3.63, 3.8) is 0 Å². The molecule has 2 aromatic rings. The molecule has 3 rings (SSSR count). The maximum atomic E-state index is 12.1. The first-order chi connectivity index (χ1) is 12.3. The normalized spacial score (nSPS) is 15.6. The van der Waals surface area contributed by atoms with Gasteiger partial charge in [0, 0.05) is 19.7 Å². The summed E-state index contributed by atoms with van der Waals surface area (Å²) in [7, 11) is 0. The van der Waals surface area contributed by atoms with Gasteiger partial charge in [-0.05, 0) is 31.4 Å². The molecule has 0 saturated carbocycles. The lowest BCUT2D eigenvalue weighted by molar-refractivity contribution is -0.150. The molecule has 25 heavy (non-hydrogen) atoms. The molecule has 1 saturated heterocycles. The lowest BCUT2D eigenvalue weighted by atomic mass is 9.97. The summed E-state index contributed by atoms with van der Waals surface area (Å²) in [6.45, 7) is 5.17. The summed E-state index contributed by atoms with van der Waals surface area (Å²) in [5.41, 5.74) is 1.66. The van der Waals surface area contributed by atoms with E-state index in [9.17, 15) is 4.79 Å². The number of piperidine rings is 1. The van der Waals surface area contributed by atoms with Crippen LogP contribution in [0.2, 0.25) is 0 Å². The first kappa shape index (κ1) is 17.7. The summed E-state index contributed by atoms with van der Waals surface area (Å²) in [5, 5.41) is 0. The van der Waals surface area contributed by atoms with E-state index in [1.807, 2.05) is 24.3 Å². The molecule has 1 fully saturated rings. The Labute approximate surface area is 148 Å². The van der Waals surface area contributed by atoms with Crippen LogP contribution in [0.25, 0.3) is 11.1 Å². The van der Waals surface area contributed by atoms with E-state index in [4.69, 9.17) is 13.9 Å². The van der Waals surface area contributed by atoms with E-state index in [-0.39, 0.29) is 11.9 Å². The fraction of sp³-hybridized carbons (Fsp3) is 0.579. The molecule has 2 heterocycles. The number of ether oxygens (including phenoxy) is 2. The highest BCUT2D eigenvalue weighted by atomic mass is 16.6. The molecule has 0 amide bonds. The quantitative estimate of drug-likeness (QED) is 0.539. The molecule has 0 spiro atoms. The molecule has 0 radical (unpaired) electrons. The largest absolute Gasteiger partial charge is 0.463 e. The van der Waals surface area contributed by atoms with E-state index in [1.54, 1.807) is 0 Å². The molecule has 0 atom stereocenters. The molecule has 0 bridgehead atoms. The summed E-state index contributed by atoms with van der Waals surface area (Å²) >= 11 is 0. The zero-order chi connectivity index (χ0) is 17.5. The fourth-order valence-corrected chi connectivity index (χ4v) is 2.97. The second-order valence-electron chi connectivity index (χ2n) is 6.36. The Balaban J connectivity index is 1.41. The van der Waals surface area contributed by atoms with E-state index in [0.717, 1.165) is 56.5 Å². The van der Waals surface area contributed by atoms with Crippen LogP contribution in [0.1, 0.15) is 32.6 Å². The van der Waals surface area contributed by atoms with Gasteiger partial charge in [-0.1, -0.05) is 25.5 Å². The van der Waals surface area contributed by atoms with Crippen molar-refractivity contribution in [2.24, 2.45) is 5.92 Å². The van der Waals surface area contributed by atoms with Crippen molar-refractivity contribution >= 4 is 23.1 Å². The van der Waals surface area contributed by atoms with Crippen LogP contribution >= 0.6 is 0 Å². The van der Waals surface area contributed by atoms with Gasteiger partial charge in [-0.15, -0.1) is 0 Å². The number of unbranched alkanes of at least 4 members (excludes halogenated alkanes) is 1. The Hall–Kier alpha value is -2.08. The predicted molar refractivity (Wildman–Crippen MR) is 95.6 cm³/mol.